The zero-order chi connectivity index (χ0) is 7.56. The van der Waals surface area contributed by atoms with Gasteiger partial charge < -0.3 is 4.74 Å². The van der Waals surface area contributed by atoms with Gasteiger partial charge >= 0.3 is 0 Å². The molecule has 0 aromatic heterocycles. The number of hydrogen-bond donors (Lipinski definition) is 0. The topological polar surface area (TPSA) is 9.23 Å². The summed E-state index contributed by atoms with van der Waals surface area (Å²) < 4.78 is 5.44. The van der Waals surface area contributed by atoms with Crippen LogP contribution in [0.5, 0.6) is 0 Å². The molecule has 0 bridgehead atoms. The molecule has 2 atom stereocenters. The van der Waals surface area contributed by atoms with Crippen LogP contribution in [0, 0.1) is 5.92 Å². The van der Waals surface area contributed by atoms with Crippen LogP contribution in [0.3, 0.4) is 0 Å². The van der Waals surface area contributed by atoms with Crippen LogP contribution < -0.4 is 0 Å². The highest BCUT2D eigenvalue weighted by molar-refractivity contribution is 6.21. The van der Waals surface area contributed by atoms with Crippen LogP contribution in [0.25, 0.3) is 0 Å². The second-order valence-corrected chi connectivity index (χ2v) is 3.90. The van der Waals surface area contributed by atoms with Gasteiger partial charge in [-0.15, -0.1) is 11.6 Å². The number of rotatable bonds is 2. The quantitative estimate of drug-likeness (QED) is 0.567. The van der Waals surface area contributed by atoms with Crippen molar-refractivity contribution in [2.45, 2.75) is 38.2 Å². The van der Waals surface area contributed by atoms with Crippen LogP contribution in [0.1, 0.15) is 26.7 Å². The fourth-order valence-corrected chi connectivity index (χ4v) is 1.57. The molecule has 2 heteroatoms. The van der Waals surface area contributed by atoms with E-state index in [2.05, 4.69) is 13.8 Å². The largest absolute Gasteiger partial charge is 0.377 e. The fraction of sp³-hybridized carbons (Fsp3) is 1.00. The van der Waals surface area contributed by atoms with Crippen molar-refractivity contribution in [3.63, 3.8) is 0 Å². The molecule has 0 aromatic carbocycles. The van der Waals surface area contributed by atoms with E-state index in [0.717, 1.165) is 19.4 Å². The van der Waals surface area contributed by atoms with E-state index in [0.29, 0.717) is 12.0 Å². The Morgan fingerprint density at radius 3 is 2.70 bits per heavy atom. The molecule has 0 aromatic rings. The SMILES string of the molecule is CC(C)CC1OCCC1Cl. The lowest BCUT2D eigenvalue weighted by Gasteiger charge is -2.14. The monoisotopic (exact) mass is 162 g/mol. The Bertz CT molecular complexity index is 103. The van der Waals surface area contributed by atoms with Crippen molar-refractivity contribution in [3.8, 4) is 0 Å². The van der Waals surface area contributed by atoms with Crippen LogP contribution in [-0.4, -0.2) is 18.1 Å². The van der Waals surface area contributed by atoms with Gasteiger partial charge in [-0.25, -0.2) is 0 Å². The molecule has 60 valence electrons. The summed E-state index contributed by atoms with van der Waals surface area (Å²) >= 11 is 6.00. The third-order valence-corrected chi connectivity index (χ3v) is 2.33. The van der Waals surface area contributed by atoms with Gasteiger partial charge in [-0.1, -0.05) is 13.8 Å². The molecule has 10 heavy (non-hydrogen) atoms. The fourth-order valence-electron chi connectivity index (χ4n) is 1.30. The van der Waals surface area contributed by atoms with Gasteiger partial charge in [0.25, 0.3) is 0 Å². The van der Waals surface area contributed by atoms with E-state index in [-0.39, 0.29) is 5.38 Å². The van der Waals surface area contributed by atoms with E-state index in [9.17, 15) is 0 Å². The van der Waals surface area contributed by atoms with Gasteiger partial charge in [-0.05, 0) is 18.8 Å². The Hall–Kier alpha value is 0.250. The van der Waals surface area contributed by atoms with E-state index in [4.69, 9.17) is 16.3 Å². The van der Waals surface area contributed by atoms with Crippen molar-refractivity contribution in [2.24, 2.45) is 5.92 Å². The van der Waals surface area contributed by atoms with Gasteiger partial charge in [-0.3, -0.25) is 0 Å². The highest BCUT2D eigenvalue weighted by Crippen LogP contribution is 2.24. The third kappa shape index (κ3) is 2.14. The molecule has 0 amide bonds. The van der Waals surface area contributed by atoms with E-state index in [1.54, 1.807) is 0 Å². The smallest absolute Gasteiger partial charge is 0.0741 e. The molecule has 2 unspecified atom stereocenters. The lowest BCUT2D eigenvalue weighted by molar-refractivity contribution is 0.0952. The van der Waals surface area contributed by atoms with Crippen molar-refractivity contribution in [1.82, 2.24) is 0 Å². The summed E-state index contributed by atoms with van der Waals surface area (Å²) in [7, 11) is 0. The summed E-state index contributed by atoms with van der Waals surface area (Å²) in [6.07, 6.45) is 2.45. The first kappa shape index (κ1) is 8.35. The summed E-state index contributed by atoms with van der Waals surface area (Å²) in [5.74, 6) is 0.698. The number of hydrogen-bond acceptors (Lipinski definition) is 1. The Labute approximate surface area is 67.7 Å². The molecule has 0 spiro atoms. The normalized spacial score (nSPS) is 33.6. The van der Waals surface area contributed by atoms with Gasteiger partial charge in [-0.2, -0.15) is 0 Å². The summed E-state index contributed by atoms with van der Waals surface area (Å²) in [6, 6.07) is 0. The van der Waals surface area contributed by atoms with E-state index >= 15 is 0 Å². The minimum Gasteiger partial charge on any atom is -0.377 e. The average molecular weight is 163 g/mol. The molecule has 1 aliphatic rings. The Morgan fingerprint density at radius 1 is 1.60 bits per heavy atom. The molecule has 0 aliphatic carbocycles. The van der Waals surface area contributed by atoms with Crippen LogP contribution in [-0.2, 0) is 4.74 Å². The number of halogens is 1. The predicted molar refractivity (Wildman–Crippen MR) is 43.5 cm³/mol. The Balaban J connectivity index is 2.26. The first-order valence-corrected chi connectivity index (χ1v) is 4.39. The second kappa shape index (κ2) is 3.59. The van der Waals surface area contributed by atoms with Gasteiger partial charge in [0.15, 0.2) is 0 Å². The standard InChI is InChI=1S/C8H15ClO/c1-6(2)5-8-7(9)3-4-10-8/h6-8H,3-5H2,1-2H3. The molecule has 0 N–H and O–H groups in total. The van der Waals surface area contributed by atoms with E-state index < -0.39 is 0 Å². The summed E-state index contributed by atoms with van der Waals surface area (Å²) in [5.41, 5.74) is 0. The van der Waals surface area contributed by atoms with Gasteiger partial charge in [0.1, 0.15) is 0 Å². The van der Waals surface area contributed by atoms with Gasteiger partial charge in [0, 0.05) is 6.61 Å². The van der Waals surface area contributed by atoms with Crippen LogP contribution in [0.4, 0.5) is 0 Å². The summed E-state index contributed by atoms with van der Waals surface area (Å²) in [5, 5.41) is 0.266. The number of ether oxygens (including phenoxy) is 1. The maximum atomic E-state index is 6.00. The maximum Gasteiger partial charge on any atom is 0.0741 e. The average Bonchev–Trinajstić information content (AvgIpc) is 2.15. The van der Waals surface area contributed by atoms with Gasteiger partial charge in [0.2, 0.25) is 0 Å². The van der Waals surface area contributed by atoms with Crippen molar-refractivity contribution in [1.29, 1.82) is 0 Å². The number of alkyl halides is 1. The Kier molecular flexibility index (Phi) is 2.99. The predicted octanol–water partition coefficient (Wildman–Crippen LogP) is 2.43. The van der Waals surface area contributed by atoms with Crippen LogP contribution in [0.2, 0.25) is 0 Å². The lowest BCUT2D eigenvalue weighted by Crippen LogP contribution is -2.17. The molecule has 1 rings (SSSR count). The zero-order valence-corrected chi connectivity index (χ0v) is 7.40. The van der Waals surface area contributed by atoms with Crippen molar-refractivity contribution >= 4 is 11.6 Å². The van der Waals surface area contributed by atoms with Crippen molar-refractivity contribution in [3.05, 3.63) is 0 Å². The molecule has 1 fully saturated rings. The molecular formula is C8H15ClO. The maximum absolute atomic E-state index is 6.00. The molecule has 1 nitrogen and oxygen atoms in total. The second-order valence-electron chi connectivity index (χ2n) is 3.34. The molecule has 0 saturated carbocycles. The first-order valence-electron chi connectivity index (χ1n) is 3.96. The first-order chi connectivity index (χ1) is 4.70. The summed E-state index contributed by atoms with van der Waals surface area (Å²) in [6.45, 7) is 5.25. The molecule has 1 heterocycles. The minimum absolute atomic E-state index is 0.266. The highest BCUT2D eigenvalue weighted by Gasteiger charge is 2.26. The van der Waals surface area contributed by atoms with Crippen molar-refractivity contribution < 1.29 is 4.74 Å². The molecular weight excluding hydrogens is 148 g/mol. The minimum atomic E-state index is 0.266. The van der Waals surface area contributed by atoms with Crippen LogP contribution >= 0.6 is 11.6 Å². The third-order valence-electron chi connectivity index (χ3n) is 1.83. The van der Waals surface area contributed by atoms with Crippen LogP contribution in [0.15, 0.2) is 0 Å². The zero-order valence-electron chi connectivity index (χ0n) is 6.64. The molecule has 1 aliphatic heterocycles. The lowest BCUT2D eigenvalue weighted by atomic mass is 10.0. The highest BCUT2D eigenvalue weighted by atomic mass is 35.5. The van der Waals surface area contributed by atoms with Crippen molar-refractivity contribution in [2.75, 3.05) is 6.61 Å². The van der Waals surface area contributed by atoms with E-state index in [1.165, 1.54) is 0 Å². The van der Waals surface area contributed by atoms with E-state index in [1.807, 2.05) is 0 Å². The van der Waals surface area contributed by atoms with Gasteiger partial charge in [0.05, 0.1) is 11.5 Å². The molecule has 0 radical (unpaired) electrons. The summed E-state index contributed by atoms with van der Waals surface area (Å²) in [4.78, 5) is 0. The molecule has 1 saturated heterocycles. The Morgan fingerprint density at radius 2 is 2.30 bits per heavy atom.